The van der Waals surface area contributed by atoms with Gasteiger partial charge in [0.05, 0.1) is 5.69 Å². The first-order valence-electron chi connectivity index (χ1n) is 8.46. The largest absolute Gasteiger partial charge is 0.310 e. The molecule has 0 spiro atoms. The van der Waals surface area contributed by atoms with Gasteiger partial charge in [-0.15, -0.1) is 0 Å². The highest BCUT2D eigenvalue weighted by Gasteiger charge is 2.26. The molecule has 0 unspecified atom stereocenters. The van der Waals surface area contributed by atoms with E-state index in [1.165, 1.54) is 12.8 Å². The van der Waals surface area contributed by atoms with Crippen LogP contribution in [0, 0.1) is 23.4 Å². The second kappa shape index (κ2) is 6.29. The highest BCUT2D eigenvalue weighted by molar-refractivity contribution is 5.23. The molecular weight excluding hydrogens is 331 g/mol. The molecule has 2 heterocycles. The van der Waals surface area contributed by atoms with Crippen LogP contribution in [-0.4, -0.2) is 21.4 Å². The zero-order valence-corrected chi connectivity index (χ0v) is 13.6. The van der Waals surface area contributed by atoms with Crippen LogP contribution in [0.15, 0.2) is 16.9 Å². The lowest BCUT2D eigenvalue weighted by molar-refractivity contribution is 0.236. The quantitative estimate of drug-likeness (QED) is 0.864. The van der Waals surface area contributed by atoms with E-state index in [2.05, 4.69) is 9.97 Å². The van der Waals surface area contributed by atoms with Gasteiger partial charge in [0.2, 0.25) is 0 Å². The van der Waals surface area contributed by atoms with Crippen LogP contribution in [0.5, 0.6) is 0 Å². The Morgan fingerprint density at radius 1 is 1.16 bits per heavy atom. The van der Waals surface area contributed by atoms with Crippen LogP contribution in [0.3, 0.4) is 0 Å². The fraction of sp³-hybridized carbons (Fsp3) is 0.444. The zero-order chi connectivity index (χ0) is 17.6. The van der Waals surface area contributed by atoms with Crippen molar-refractivity contribution in [2.24, 2.45) is 5.92 Å². The number of rotatable bonds is 4. The summed E-state index contributed by atoms with van der Waals surface area (Å²) in [4.78, 5) is 21.5. The van der Waals surface area contributed by atoms with Crippen molar-refractivity contribution >= 4 is 0 Å². The monoisotopic (exact) mass is 349 g/mol. The Morgan fingerprint density at radius 2 is 1.92 bits per heavy atom. The fourth-order valence-corrected chi connectivity index (χ4v) is 3.30. The van der Waals surface area contributed by atoms with Gasteiger partial charge in [-0.25, -0.2) is 18.2 Å². The molecule has 1 aromatic carbocycles. The number of H-pyrrole nitrogens is 1. The molecule has 1 aliphatic heterocycles. The van der Waals surface area contributed by atoms with E-state index in [1.807, 2.05) is 4.90 Å². The number of aromatic amines is 1. The molecule has 132 valence electrons. The van der Waals surface area contributed by atoms with Crippen molar-refractivity contribution in [2.45, 2.75) is 38.8 Å². The molecule has 25 heavy (non-hydrogen) atoms. The topological polar surface area (TPSA) is 49.0 Å². The summed E-state index contributed by atoms with van der Waals surface area (Å²) >= 11 is 0. The van der Waals surface area contributed by atoms with Gasteiger partial charge in [-0.2, -0.15) is 0 Å². The van der Waals surface area contributed by atoms with Crippen LogP contribution in [-0.2, 0) is 25.9 Å². The predicted octanol–water partition coefficient (Wildman–Crippen LogP) is 2.70. The number of nitrogens with zero attached hydrogens (tertiary/aromatic N) is 2. The summed E-state index contributed by atoms with van der Waals surface area (Å²) in [7, 11) is 0. The Labute approximate surface area is 142 Å². The molecule has 0 radical (unpaired) electrons. The lowest BCUT2D eigenvalue weighted by atomic mass is 10.0. The van der Waals surface area contributed by atoms with E-state index in [4.69, 9.17) is 0 Å². The van der Waals surface area contributed by atoms with E-state index in [9.17, 15) is 18.0 Å². The average molecular weight is 349 g/mol. The number of halogens is 3. The molecule has 7 heteroatoms. The van der Waals surface area contributed by atoms with Gasteiger partial charge in [0, 0.05) is 43.2 Å². The smallest absolute Gasteiger partial charge is 0.254 e. The minimum Gasteiger partial charge on any atom is -0.310 e. The summed E-state index contributed by atoms with van der Waals surface area (Å²) in [5.41, 5.74) is 1.37. The molecule has 0 saturated heterocycles. The van der Waals surface area contributed by atoms with E-state index in [-0.39, 0.29) is 17.7 Å². The van der Waals surface area contributed by atoms with Gasteiger partial charge in [0.1, 0.15) is 11.6 Å². The first-order chi connectivity index (χ1) is 12.0. The Balaban J connectivity index is 1.55. The molecule has 1 aliphatic carbocycles. The third kappa shape index (κ3) is 3.46. The van der Waals surface area contributed by atoms with Crippen LogP contribution in [0.1, 0.15) is 35.5 Å². The molecule has 4 nitrogen and oxygen atoms in total. The van der Waals surface area contributed by atoms with Crippen molar-refractivity contribution in [1.82, 2.24) is 14.9 Å². The predicted molar refractivity (Wildman–Crippen MR) is 85.4 cm³/mol. The summed E-state index contributed by atoms with van der Waals surface area (Å²) < 4.78 is 40.3. The molecule has 0 atom stereocenters. The number of fused-ring (bicyclic) bond motifs is 1. The first-order valence-corrected chi connectivity index (χ1v) is 8.46. The Bertz CT molecular complexity index is 877. The maximum Gasteiger partial charge on any atom is 0.254 e. The molecule has 0 amide bonds. The van der Waals surface area contributed by atoms with Crippen LogP contribution in [0.2, 0.25) is 0 Å². The number of hydrogen-bond donors (Lipinski definition) is 1. The Hall–Kier alpha value is -2.15. The van der Waals surface area contributed by atoms with Crippen LogP contribution < -0.4 is 5.56 Å². The maximum atomic E-state index is 13.9. The van der Waals surface area contributed by atoms with E-state index in [0.717, 1.165) is 12.5 Å². The fourth-order valence-electron chi connectivity index (χ4n) is 3.30. The van der Waals surface area contributed by atoms with Gasteiger partial charge in [-0.05, 0) is 31.2 Å². The lowest BCUT2D eigenvalue weighted by Crippen LogP contribution is -2.35. The minimum atomic E-state index is -1.19. The van der Waals surface area contributed by atoms with Gasteiger partial charge in [-0.1, -0.05) is 0 Å². The van der Waals surface area contributed by atoms with Crippen LogP contribution in [0.25, 0.3) is 0 Å². The molecule has 1 saturated carbocycles. The van der Waals surface area contributed by atoms with Gasteiger partial charge in [0.25, 0.3) is 5.56 Å². The van der Waals surface area contributed by atoms with Crippen molar-refractivity contribution < 1.29 is 13.2 Å². The standard InChI is InChI=1S/C18H18F3N3O/c19-13-7-15(21)14(20)6-11(13)8-24-4-3-12-16(9-24)22-17(23-18(12)25)5-10-1-2-10/h6-7,10H,1-5,8-9H2,(H,22,23,25). The SMILES string of the molecule is O=c1[nH]c(CC2CC2)nc2c1CCN(Cc1cc(F)c(F)cc1F)C2. The van der Waals surface area contributed by atoms with Gasteiger partial charge < -0.3 is 4.98 Å². The summed E-state index contributed by atoms with van der Waals surface area (Å²) in [5.74, 6) is -1.71. The van der Waals surface area contributed by atoms with E-state index >= 15 is 0 Å². The second-order valence-corrected chi connectivity index (χ2v) is 6.90. The average Bonchev–Trinajstić information content (AvgIpc) is 3.36. The van der Waals surface area contributed by atoms with Crippen molar-refractivity contribution in [3.63, 3.8) is 0 Å². The first kappa shape index (κ1) is 16.3. The molecule has 4 rings (SSSR count). The molecule has 2 aromatic rings. The molecular formula is C18H18F3N3O. The Morgan fingerprint density at radius 3 is 2.68 bits per heavy atom. The molecule has 0 bridgehead atoms. The van der Waals surface area contributed by atoms with Crippen molar-refractivity contribution in [2.75, 3.05) is 6.54 Å². The number of hydrogen-bond acceptors (Lipinski definition) is 3. The maximum absolute atomic E-state index is 13.9. The zero-order valence-electron chi connectivity index (χ0n) is 13.6. The second-order valence-electron chi connectivity index (χ2n) is 6.90. The molecule has 1 aromatic heterocycles. The summed E-state index contributed by atoms with van der Waals surface area (Å²) in [5, 5.41) is 0. The number of aromatic nitrogens is 2. The third-order valence-electron chi connectivity index (χ3n) is 4.86. The molecule has 1 fully saturated rings. The van der Waals surface area contributed by atoms with Crippen molar-refractivity contribution in [3.05, 3.63) is 62.6 Å². The van der Waals surface area contributed by atoms with Gasteiger partial charge in [-0.3, -0.25) is 9.69 Å². The van der Waals surface area contributed by atoms with Crippen molar-refractivity contribution in [1.29, 1.82) is 0 Å². The van der Waals surface area contributed by atoms with Gasteiger partial charge >= 0.3 is 0 Å². The highest BCUT2D eigenvalue weighted by atomic mass is 19.2. The molecule has 2 aliphatic rings. The summed E-state index contributed by atoms with van der Waals surface area (Å²) in [6.45, 7) is 1.09. The van der Waals surface area contributed by atoms with E-state index in [1.54, 1.807) is 0 Å². The van der Waals surface area contributed by atoms with Crippen molar-refractivity contribution in [3.8, 4) is 0 Å². The summed E-state index contributed by atoms with van der Waals surface area (Å²) in [6, 6.07) is 1.46. The number of nitrogens with one attached hydrogen (secondary N) is 1. The van der Waals surface area contributed by atoms with Crippen LogP contribution in [0.4, 0.5) is 13.2 Å². The minimum absolute atomic E-state index is 0.0979. The van der Waals surface area contributed by atoms with E-state index < -0.39 is 17.5 Å². The van der Waals surface area contributed by atoms with Crippen LogP contribution >= 0.6 is 0 Å². The van der Waals surface area contributed by atoms with E-state index in [0.29, 0.717) is 48.6 Å². The third-order valence-corrected chi connectivity index (χ3v) is 4.86. The number of benzene rings is 1. The molecule has 1 N–H and O–H groups in total. The summed E-state index contributed by atoms with van der Waals surface area (Å²) in [6.07, 6.45) is 3.62. The lowest BCUT2D eigenvalue weighted by Gasteiger charge is -2.28. The normalized spacial score (nSPS) is 17.6. The highest BCUT2D eigenvalue weighted by Crippen LogP contribution is 2.31. The Kier molecular flexibility index (Phi) is 4.11. The van der Waals surface area contributed by atoms with Gasteiger partial charge in [0.15, 0.2) is 11.6 Å².